The van der Waals surface area contributed by atoms with E-state index in [0.29, 0.717) is 23.6 Å². The molecule has 0 aliphatic carbocycles. The van der Waals surface area contributed by atoms with Crippen LogP contribution in [0.15, 0.2) is 24.3 Å². The van der Waals surface area contributed by atoms with Gasteiger partial charge in [-0.3, -0.25) is 4.79 Å². The SMILES string of the molecule is CC[C@H](C)[C@@H](NC(=O)NC1CCS(=O)(=O)C1)C(=O)Nc1ccc(Cl)cc1. The van der Waals surface area contributed by atoms with Crippen LogP contribution in [-0.4, -0.2) is 43.9 Å². The fourth-order valence-electron chi connectivity index (χ4n) is 2.73. The Hall–Kier alpha value is -1.80. The number of nitrogens with one attached hydrogen (secondary N) is 3. The molecular weight excluding hydrogens is 378 g/mol. The number of amides is 3. The van der Waals surface area contributed by atoms with Gasteiger partial charge in [-0.25, -0.2) is 13.2 Å². The van der Waals surface area contributed by atoms with Crippen LogP contribution < -0.4 is 16.0 Å². The van der Waals surface area contributed by atoms with Crippen molar-refractivity contribution in [2.24, 2.45) is 5.92 Å². The lowest BCUT2D eigenvalue weighted by atomic mass is 9.98. The molecule has 0 bridgehead atoms. The minimum atomic E-state index is -3.08. The number of carbonyl (C=O) groups excluding carboxylic acids is 2. The third-order valence-corrected chi connectivity index (χ3v) is 6.48. The van der Waals surface area contributed by atoms with Gasteiger partial charge in [0.15, 0.2) is 9.84 Å². The molecule has 0 aromatic heterocycles. The number of carbonyl (C=O) groups is 2. The van der Waals surface area contributed by atoms with Crippen molar-refractivity contribution in [1.82, 2.24) is 10.6 Å². The Bertz CT molecular complexity index is 752. The van der Waals surface area contributed by atoms with Gasteiger partial charge in [-0.2, -0.15) is 0 Å². The van der Waals surface area contributed by atoms with Crippen molar-refractivity contribution < 1.29 is 18.0 Å². The lowest BCUT2D eigenvalue weighted by Crippen LogP contribution is -2.53. The van der Waals surface area contributed by atoms with Gasteiger partial charge < -0.3 is 16.0 Å². The number of hydrogen-bond donors (Lipinski definition) is 3. The normalized spacial score (nSPS) is 20.8. The Morgan fingerprint density at radius 3 is 2.46 bits per heavy atom. The molecule has 1 heterocycles. The summed E-state index contributed by atoms with van der Waals surface area (Å²) in [5, 5.41) is 8.64. The minimum Gasteiger partial charge on any atom is -0.334 e. The Morgan fingerprint density at radius 1 is 1.27 bits per heavy atom. The van der Waals surface area contributed by atoms with E-state index in [4.69, 9.17) is 11.6 Å². The summed E-state index contributed by atoms with van der Waals surface area (Å²) < 4.78 is 23.0. The van der Waals surface area contributed by atoms with Crippen LogP contribution in [0.1, 0.15) is 26.7 Å². The first-order chi connectivity index (χ1) is 12.2. The Morgan fingerprint density at radius 2 is 1.92 bits per heavy atom. The van der Waals surface area contributed by atoms with Crippen LogP contribution >= 0.6 is 11.6 Å². The zero-order valence-corrected chi connectivity index (χ0v) is 16.4. The smallest absolute Gasteiger partial charge is 0.315 e. The summed E-state index contributed by atoms with van der Waals surface area (Å²) >= 11 is 5.83. The second kappa shape index (κ2) is 8.73. The van der Waals surface area contributed by atoms with Crippen LogP contribution in [-0.2, 0) is 14.6 Å². The van der Waals surface area contributed by atoms with E-state index in [2.05, 4.69) is 16.0 Å². The van der Waals surface area contributed by atoms with E-state index < -0.39 is 28.0 Å². The standard InChI is InChI=1S/C17H24ClN3O4S/c1-3-11(2)15(16(22)19-13-6-4-12(18)5-7-13)21-17(23)20-14-8-9-26(24,25)10-14/h4-7,11,14-15H,3,8-10H2,1-2H3,(H,19,22)(H2,20,21,23)/t11-,14?,15+/m0/s1. The van der Waals surface area contributed by atoms with Crippen LogP contribution in [0.25, 0.3) is 0 Å². The van der Waals surface area contributed by atoms with Crippen molar-refractivity contribution in [2.75, 3.05) is 16.8 Å². The molecular formula is C17H24ClN3O4S. The van der Waals surface area contributed by atoms with Crippen LogP contribution in [0.3, 0.4) is 0 Å². The van der Waals surface area contributed by atoms with Gasteiger partial charge in [-0.15, -0.1) is 0 Å². The van der Waals surface area contributed by atoms with E-state index in [-0.39, 0.29) is 23.3 Å². The molecule has 3 amide bonds. The fourth-order valence-corrected chi connectivity index (χ4v) is 4.53. The average Bonchev–Trinajstić information content (AvgIpc) is 2.92. The van der Waals surface area contributed by atoms with Crippen molar-refractivity contribution in [1.29, 1.82) is 0 Å². The zero-order valence-electron chi connectivity index (χ0n) is 14.8. The maximum atomic E-state index is 12.6. The van der Waals surface area contributed by atoms with Crippen molar-refractivity contribution in [2.45, 2.75) is 38.8 Å². The van der Waals surface area contributed by atoms with E-state index in [0.717, 1.165) is 0 Å². The number of sulfone groups is 1. The van der Waals surface area contributed by atoms with Crippen LogP contribution in [0, 0.1) is 5.92 Å². The molecule has 26 heavy (non-hydrogen) atoms. The van der Waals surface area contributed by atoms with Crippen LogP contribution in [0.2, 0.25) is 5.02 Å². The van der Waals surface area contributed by atoms with E-state index in [1.807, 2.05) is 13.8 Å². The number of rotatable bonds is 6. The van der Waals surface area contributed by atoms with Crippen molar-refractivity contribution in [3.05, 3.63) is 29.3 Å². The molecule has 1 aliphatic rings. The summed E-state index contributed by atoms with van der Waals surface area (Å²) in [6, 6.07) is 4.98. The van der Waals surface area contributed by atoms with Crippen molar-refractivity contribution in [3.8, 4) is 0 Å². The van der Waals surface area contributed by atoms with Gasteiger partial charge in [0.05, 0.1) is 11.5 Å². The van der Waals surface area contributed by atoms with Gasteiger partial charge in [-0.1, -0.05) is 31.9 Å². The van der Waals surface area contributed by atoms with Crippen LogP contribution in [0.5, 0.6) is 0 Å². The molecule has 1 unspecified atom stereocenters. The molecule has 1 aromatic rings. The maximum absolute atomic E-state index is 12.6. The number of hydrogen-bond acceptors (Lipinski definition) is 4. The fraction of sp³-hybridized carbons (Fsp3) is 0.529. The maximum Gasteiger partial charge on any atom is 0.315 e. The molecule has 1 saturated heterocycles. The summed E-state index contributed by atoms with van der Waals surface area (Å²) in [5.41, 5.74) is 0.580. The molecule has 0 saturated carbocycles. The largest absolute Gasteiger partial charge is 0.334 e. The highest BCUT2D eigenvalue weighted by Gasteiger charge is 2.31. The first-order valence-corrected chi connectivity index (χ1v) is 10.7. The number of urea groups is 1. The average molecular weight is 402 g/mol. The predicted molar refractivity (Wildman–Crippen MR) is 102 cm³/mol. The third kappa shape index (κ3) is 5.88. The molecule has 1 aliphatic heterocycles. The highest BCUT2D eigenvalue weighted by atomic mass is 35.5. The topological polar surface area (TPSA) is 104 Å². The van der Waals surface area contributed by atoms with Crippen molar-refractivity contribution in [3.63, 3.8) is 0 Å². The second-order valence-corrected chi connectivity index (χ2v) is 9.24. The highest BCUT2D eigenvalue weighted by Crippen LogP contribution is 2.16. The molecule has 7 nitrogen and oxygen atoms in total. The van der Waals surface area contributed by atoms with Gasteiger partial charge in [0, 0.05) is 16.8 Å². The lowest BCUT2D eigenvalue weighted by molar-refractivity contribution is -0.119. The summed E-state index contributed by atoms with van der Waals surface area (Å²) in [5.74, 6) is -0.425. The Labute approximate surface area is 158 Å². The summed E-state index contributed by atoms with van der Waals surface area (Å²) in [6.07, 6.45) is 1.08. The molecule has 3 N–H and O–H groups in total. The molecule has 144 valence electrons. The molecule has 1 fully saturated rings. The third-order valence-electron chi connectivity index (χ3n) is 4.46. The van der Waals surface area contributed by atoms with Crippen LogP contribution in [0.4, 0.5) is 10.5 Å². The minimum absolute atomic E-state index is 0.0641. The second-order valence-electron chi connectivity index (χ2n) is 6.58. The first-order valence-electron chi connectivity index (χ1n) is 8.54. The number of benzene rings is 1. The van der Waals surface area contributed by atoms with Gasteiger partial charge in [0.1, 0.15) is 6.04 Å². The van der Waals surface area contributed by atoms with E-state index >= 15 is 0 Å². The molecule has 0 spiro atoms. The Balaban J connectivity index is 1.98. The van der Waals surface area contributed by atoms with E-state index in [1.54, 1.807) is 24.3 Å². The Kier molecular flexibility index (Phi) is 6.88. The van der Waals surface area contributed by atoms with Gasteiger partial charge in [0.25, 0.3) is 0 Å². The van der Waals surface area contributed by atoms with E-state index in [9.17, 15) is 18.0 Å². The van der Waals surface area contributed by atoms with Gasteiger partial charge in [-0.05, 0) is 36.6 Å². The highest BCUT2D eigenvalue weighted by molar-refractivity contribution is 7.91. The quantitative estimate of drug-likeness (QED) is 0.679. The molecule has 0 radical (unpaired) electrons. The lowest BCUT2D eigenvalue weighted by Gasteiger charge is -2.24. The molecule has 9 heteroatoms. The summed E-state index contributed by atoms with van der Waals surface area (Å²) in [7, 11) is -3.08. The first kappa shape index (κ1) is 20.5. The summed E-state index contributed by atoms with van der Waals surface area (Å²) in [4.78, 5) is 24.8. The van der Waals surface area contributed by atoms with E-state index in [1.165, 1.54) is 0 Å². The monoisotopic (exact) mass is 401 g/mol. The molecule has 2 rings (SSSR count). The number of halogens is 1. The van der Waals surface area contributed by atoms with Gasteiger partial charge >= 0.3 is 6.03 Å². The van der Waals surface area contributed by atoms with Gasteiger partial charge in [0.2, 0.25) is 5.91 Å². The predicted octanol–water partition coefficient (Wildman–Crippen LogP) is 2.18. The van der Waals surface area contributed by atoms with Crippen molar-refractivity contribution >= 4 is 39.1 Å². The molecule has 3 atom stereocenters. The zero-order chi connectivity index (χ0) is 19.3. The molecule has 1 aromatic carbocycles. The number of anilines is 1. The summed E-state index contributed by atoms with van der Waals surface area (Å²) in [6.45, 7) is 3.79.